The summed E-state index contributed by atoms with van der Waals surface area (Å²) in [5.74, 6) is -1.31. The molecular formula is C9H7F2N5O2. The maximum Gasteiger partial charge on any atom is 0.358 e. The van der Waals surface area contributed by atoms with Crippen molar-refractivity contribution >= 4 is 5.97 Å². The fourth-order valence-corrected chi connectivity index (χ4v) is 1.35. The number of alkyl halides is 2. The van der Waals surface area contributed by atoms with Crippen molar-refractivity contribution in [2.75, 3.05) is 0 Å². The molecule has 0 radical (unpaired) electrons. The van der Waals surface area contributed by atoms with Gasteiger partial charge in [0.1, 0.15) is 18.1 Å². The summed E-state index contributed by atoms with van der Waals surface area (Å²) in [6.07, 6.45) is -0.103. The van der Waals surface area contributed by atoms with Gasteiger partial charge in [0.05, 0.1) is 0 Å². The molecule has 0 aliphatic rings. The first-order chi connectivity index (χ1) is 8.59. The van der Waals surface area contributed by atoms with Crippen LogP contribution < -0.4 is 0 Å². The lowest BCUT2D eigenvalue weighted by atomic mass is 10.3. The summed E-state index contributed by atoms with van der Waals surface area (Å²) in [6.45, 7) is -0.166. The predicted molar refractivity (Wildman–Crippen MR) is 53.1 cm³/mol. The van der Waals surface area contributed by atoms with E-state index in [-0.39, 0.29) is 12.4 Å². The van der Waals surface area contributed by atoms with E-state index in [1.165, 1.54) is 12.4 Å². The molecular weight excluding hydrogens is 248 g/mol. The molecule has 1 N–H and O–H groups in total. The van der Waals surface area contributed by atoms with E-state index in [0.717, 1.165) is 4.68 Å². The molecule has 0 saturated carbocycles. The highest BCUT2D eigenvalue weighted by Crippen LogP contribution is 2.21. The van der Waals surface area contributed by atoms with Gasteiger partial charge in [-0.25, -0.2) is 28.2 Å². The largest absolute Gasteiger partial charge is 0.476 e. The Morgan fingerprint density at radius 2 is 2.06 bits per heavy atom. The number of carboxylic acids is 1. The second-order valence-corrected chi connectivity index (χ2v) is 3.25. The summed E-state index contributed by atoms with van der Waals surface area (Å²) < 4.78 is 26.3. The van der Waals surface area contributed by atoms with E-state index in [9.17, 15) is 13.6 Å². The zero-order valence-electron chi connectivity index (χ0n) is 8.86. The molecule has 2 heterocycles. The predicted octanol–water partition coefficient (Wildman–Crippen LogP) is 0.752. The second kappa shape index (κ2) is 4.82. The van der Waals surface area contributed by atoms with Crippen LogP contribution in [-0.4, -0.2) is 36.0 Å². The van der Waals surface area contributed by atoms with Gasteiger partial charge in [0.15, 0.2) is 5.69 Å². The normalized spacial score (nSPS) is 10.8. The lowest BCUT2D eigenvalue weighted by molar-refractivity contribution is 0.0675. The number of carbonyl (C=O) groups is 1. The average molecular weight is 255 g/mol. The van der Waals surface area contributed by atoms with Crippen LogP contribution in [-0.2, 0) is 6.54 Å². The monoisotopic (exact) mass is 255 g/mol. The molecule has 0 amide bonds. The van der Waals surface area contributed by atoms with Crippen LogP contribution in [0.2, 0.25) is 0 Å². The number of rotatable bonds is 4. The van der Waals surface area contributed by atoms with Crippen LogP contribution in [0, 0.1) is 0 Å². The van der Waals surface area contributed by atoms with Crippen molar-refractivity contribution in [2.24, 2.45) is 0 Å². The van der Waals surface area contributed by atoms with E-state index in [2.05, 4.69) is 20.3 Å². The Labute approximate surface area is 99.1 Å². The van der Waals surface area contributed by atoms with Crippen molar-refractivity contribution in [3.63, 3.8) is 0 Å². The Kier molecular flexibility index (Phi) is 3.22. The molecule has 0 spiro atoms. The fourth-order valence-electron chi connectivity index (χ4n) is 1.35. The zero-order valence-corrected chi connectivity index (χ0v) is 8.86. The number of aromatic carboxylic acids is 1. The lowest BCUT2D eigenvalue weighted by Crippen LogP contribution is -2.11. The van der Waals surface area contributed by atoms with Crippen LogP contribution in [0.4, 0.5) is 8.78 Å². The second-order valence-electron chi connectivity index (χ2n) is 3.25. The van der Waals surface area contributed by atoms with Crippen molar-refractivity contribution in [1.29, 1.82) is 0 Å². The van der Waals surface area contributed by atoms with Crippen molar-refractivity contribution in [1.82, 2.24) is 25.0 Å². The third-order valence-electron chi connectivity index (χ3n) is 2.09. The average Bonchev–Trinajstić information content (AvgIpc) is 2.74. The van der Waals surface area contributed by atoms with E-state index < -0.39 is 23.8 Å². The fraction of sp³-hybridized carbons (Fsp3) is 0.222. The molecule has 0 bridgehead atoms. The third kappa shape index (κ3) is 2.29. The van der Waals surface area contributed by atoms with Crippen LogP contribution in [0.25, 0.3) is 0 Å². The van der Waals surface area contributed by atoms with Crippen LogP contribution in [0.1, 0.15) is 28.4 Å². The molecule has 2 rings (SSSR count). The van der Waals surface area contributed by atoms with E-state index in [4.69, 9.17) is 5.11 Å². The van der Waals surface area contributed by atoms with Gasteiger partial charge in [0, 0.05) is 12.4 Å². The standard InChI is InChI=1S/C9H7F2N5O2/c10-8(11)7-6(9(17)18)14-15-16(7)4-5-12-2-1-3-13-5/h1-3,8H,4H2,(H,17,18). The first-order valence-electron chi connectivity index (χ1n) is 4.80. The molecule has 0 aliphatic carbocycles. The molecule has 9 heteroatoms. The van der Waals surface area contributed by atoms with Gasteiger partial charge in [-0.15, -0.1) is 5.10 Å². The minimum Gasteiger partial charge on any atom is -0.476 e. The summed E-state index contributed by atoms with van der Waals surface area (Å²) in [5, 5.41) is 15.3. The maximum atomic E-state index is 12.8. The highest BCUT2D eigenvalue weighted by atomic mass is 19.3. The van der Waals surface area contributed by atoms with Gasteiger partial charge < -0.3 is 5.11 Å². The first-order valence-corrected chi connectivity index (χ1v) is 4.80. The first kappa shape index (κ1) is 12.0. The summed E-state index contributed by atoms with van der Waals surface area (Å²) in [5.41, 5.74) is -1.52. The van der Waals surface area contributed by atoms with E-state index in [1.807, 2.05) is 0 Å². The Hall–Kier alpha value is -2.45. The molecule has 0 aliphatic heterocycles. The van der Waals surface area contributed by atoms with Gasteiger partial charge in [0.25, 0.3) is 6.43 Å². The minimum absolute atomic E-state index is 0.166. The number of hydrogen-bond acceptors (Lipinski definition) is 5. The molecule has 0 atom stereocenters. The highest BCUT2D eigenvalue weighted by molar-refractivity contribution is 5.86. The van der Waals surface area contributed by atoms with E-state index in [0.29, 0.717) is 0 Å². The van der Waals surface area contributed by atoms with Gasteiger partial charge >= 0.3 is 5.97 Å². The Balaban J connectivity index is 2.37. The van der Waals surface area contributed by atoms with Crippen LogP contribution in [0.5, 0.6) is 0 Å². The Morgan fingerprint density at radius 3 is 2.61 bits per heavy atom. The van der Waals surface area contributed by atoms with Gasteiger partial charge in [-0.2, -0.15) is 0 Å². The van der Waals surface area contributed by atoms with Crippen LogP contribution >= 0.6 is 0 Å². The van der Waals surface area contributed by atoms with Crippen LogP contribution in [0.15, 0.2) is 18.5 Å². The number of hydrogen-bond donors (Lipinski definition) is 1. The maximum absolute atomic E-state index is 12.8. The summed E-state index contributed by atoms with van der Waals surface area (Å²) in [4.78, 5) is 18.4. The van der Waals surface area contributed by atoms with Crippen molar-refractivity contribution < 1.29 is 18.7 Å². The molecule has 2 aromatic heterocycles. The number of nitrogens with zero attached hydrogens (tertiary/aromatic N) is 5. The third-order valence-corrected chi connectivity index (χ3v) is 2.09. The Bertz CT molecular complexity index is 557. The van der Waals surface area contributed by atoms with Crippen molar-refractivity contribution in [3.8, 4) is 0 Å². The minimum atomic E-state index is -2.99. The van der Waals surface area contributed by atoms with Gasteiger partial charge in [0.2, 0.25) is 0 Å². The van der Waals surface area contributed by atoms with E-state index >= 15 is 0 Å². The molecule has 94 valence electrons. The quantitative estimate of drug-likeness (QED) is 0.866. The molecule has 7 nitrogen and oxygen atoms in total. The van der Waals surface area contributed by atoms with Crippen LogP contribution in [0.3, 0.4) is 0 Å². The van der Waals surface area contributed by atoms with Crippen molar-refractivity contribution in [2.45, 2.75) is 13.0 Å². The summed E-state index contributed by atoms with van der Waals surface area (Å²) in [7, 11) is 0. The number of halogens is 2. The number of carboxylic acid groups (broad SMARTS) is 1. The van der Waals surface area contributed by atoms with Gasteiger partial charge in [-0.3, -0.25) is 0 Å². The summed E-state index contributed by atoms with van der Waals surface area (Å²) in [6, 6.07) is 1.57. The van der Waals surface area contributed by atoms with Gasteiger partial charge in [-0.05, 0) is 6.07 Å². The highest BCUT2D eigenvalue weighted by Gasteiger charge is 2.26. The molecule has 0 saturated heterocycles. The Morgan fingerprint density at radius 1 is 1.39 bits per heavy atom. The summed E-state index contributed by atoms with van der Waals surface area (Å²) >= 11 is 0. The van der Waals surface area contributed by atoms with E-state index in [1.54, 1.807) is 6.07 Å². The topological polar surface area (TPSA) is 93.8 Å². The number of aromatic nitrogens is 5. The molecule has 0 aromatic carbocycles. The molecule has 18 heavy (non-hydrogen) atoms. The molecule has 0 unspecified atom stereocenters. The van der Waals surface area contributed by atoms with Crippen molar-refractivity contribution in [3.05, 3.63) is 35.7 Å². The zero-order chi connectivity index (χ0) is 13.1. The SMILES string of the molecule is O=C(O)c1nnn(Cc2ncccn2)c1C(F)F. The molecule has 2 aromatic rings. The van der Waals surface area contributed by atoms with Gasteiger partial charge in [-0.1, -0.05) is 5.21 Å². The smallest absolute Gasteiger partial charge is 0.358 e. The lowest BCUT2D eigenvalue weighted by Gasteiger charge is -2.04. The molecule has 0 fully saturated rings.